The van der Waals surface area contributed by atoms with E-state index in [4.69, 9.17) is 0 Å². The van der Waals surface area contributed by atoms with Crippen LogP contribution in [0.25, 0.3) is 0 Å². The summed E-state index contributed by atoms with van der Waals surface area (Å²) < 4.78 is 0. The number of hydrogen-bond donors (Lipinski definition) is 2. The molecule has 0 aliphatic carbocycles. The molecule has 6 heteroatoms. The fourth-order valence-electron chi connectivity index (χ4n) is 3.38. The fourth-order valence-corrected chi connectivity index (χ4v) is 3.38. The van der Waals surface area contributed by atoms with Gasteiger partial charge >= 0.3 is 0 Å². The molecule has 6 nitrogen and oxygen atoms in total. The SMILES string of the molecule is CC(=O)Nc1cccc(N2C[C@H](C(=O)NCCCc3ccccc3)CC2=O)c1. The van der Waals surface area contributed by atoms with Crippen molar-refractivity contribution in [3.05, 3.63) is 60.2 Å². The number of nitrogens with one attached hydrogen (secondary N) is 2. The van der Waals surface area contributed by atoms with Crippen LogP contribution in [0.2, 0.25) is 0 Å². The Bertz CT molecular complexity index is 851. The number of benzene rings is 2. The van der Waals surface area contributed by atoms with Crippen LogP contribution < -0.4 is 15.5 Å². The van der Waals surface area contributed by atoms with Crippen LogP contribution >= 0.6 is 0 Å². The number of aryl methyl sites for hydroxylation is 1. The summed E-state index contributed by atoms with van der Waals surface area (Å²) >= 11 is 0. The maximum Gasteiger partial charge on any atom is 0.227 e. The molecule has 0 bridgehead atoms. The molecule has 0 saturated carbocycles. The number of nitrogens with zero attached hydrogens (tertiary/aromatic N) is 1. The summed E-state index contributed by atoms with van der Waals surface area (Å²) in [4.78, 5) is 37.7. The third kappa shape index (κ3) is 5.19. The predicted octanol–water partition coefficient (Wildman–Crippen LogP) is 2.75. The van der Waals surface area contributed by atoms with E-state index in [9.17, 15) is 14.4 Å². The zero-order chi connectivity index (χ0) is 19.9. The normalized spacial score (nSPS) is 16.1. The van der Waals surface area contributed by atoms with Gasteiger partial charge in [0.15, 0.2) is 0 Å². The lowest BCUT2D eigenvalue weighted by molar-refractivity contribution is -0.126. The predicted molar refractivity (Wildman–Crippen MR) is 109 cm³/mol. The van der Waals surface area contributed by atoms with E-state index in [-0.39, 0.29) is 30.1 Å². The van der Waals surface area contributed by atoms with Crippen molar-refractivity contribution in [2.75, 3.05) is 23.3 Å². The molecule has 146 valence electrons. The average molecular weight is 379 g/mol. The molecule has 0 unspecified atom stereocenters. The number of amides is 3. The van der Waals surface area contributed by atoms with E-state index in [2.05, 4.69) is 22.8 Å². The standard InChI is InChI=1S/C22H25N3O3/c1-16(26)24-19-10-5-11-20(14-19)25-15-18(13-21(25)27)22(28)23-12-6-9-17-7-3-2-4-8-17/h2-5,7-8,10-11,14,18H,6,9,12-13,15H2,1H3,(H,23,28)(H,24,26)/t18-/m1/s1. The molecule has 3 rings (SSSR count). The Balaban J connectivity index is 1.51. The number of rotatable bonds is 7. The van der Waals surface area contributed by atoms with Gasteiger partial charge in [0.1, 0.15) is 0 Å². The van der Waals surface area contributed by atoms with E-state index in [0.717, 1.165) is 12.8 Å². The molecule has 1 aliphatic heterocycles. The highest BCUT2D eigenvalue weighted by molar-refractivity contribution is 6.01. The van der Waals surface area contributed by atoms with Crippen LogP contribution in [0.3, 0.4) is 0 Å². The van der Waals surface area contributed by atoms with E-state index < -0.39 is 0 Å². The van der Waals surface area contributed by atoms with Gasteiger partial charge in [-0.3, -0.25) is 14.4 Å². The summed E-state index contributed by atoms with van der Waals surface area (Å²) in [5.41, 5.74) is 2.57. The number of carbonyl (C=O) groups is 3. The monoisotopic (exact) mass is 379 g/mol. The van der Waals surface area contributed by atoms with Crippen molar-refractivity contribution >= 4 is 29.1 Å². The van der Waals surface area contributed by atoms with E-state index in [1.807, 2.05) is 24.3 Å². The van der Waals surface area contributed by atoms with Gasteiger partial charge in [0, 0.05) is 37.8 Å². The second-order valence-electron chi connectivity index (χ2n) is 7.02. The highest BCUT2D eigenvalue weighted by atomic mass is 16.2. The molecular formula is C22H25N3O3. The first kappa shape index (κ1) is 19.6. The van der Waals surface area contributed by atoms with Crippen LogP contribution in [0, 0.1) is 5.92 Å². The van der Waals surface area contributed by atoms with Crippen LogP contribution in [-0.4, -0.2) is 30.8 Å². The van der Waals surface area contributed by atoms with Gasteiger partial charge in [0.2, 0.25) is 17.7 Å². The topological polar surface area (TPSA) is 78.5 Å². The summed E-state index contributed by atoms with van der Waals surface area (Å²) in [7, 11) is 0. The van der Waals surface area contributed by atoms with Crippen LogP contribution in [0.1, 0.15) is 25.3 Å². The molecule has 28 heavy (non-hydrogen) atoms. The molecule has 0 aromatic heterocycles. The van der Waals surface area contributed by atoms with Gasteiger partial charge in [0.25, 0.3) is 0 Å². The van der Waals surface area contributed by atoms with Crippen LogP contribution in [-0.2, 0) is 20.8 Å². The zero-order valence-corrected chi connectivity index (χ0v) is 16.0. The van der Waals surface area contributed by atoms with Crippen molar-refractivity contribution in [1.29, 1.82) is 0 Å². The van der Waals surface area contributed by atoms with Gasteiger partial charge in [-0.25, -0.2) is 0 Å². The summed E-state index contributed by atoms with van der Waals surface area (Å²) in [6.45, 7) is 2.38. The lowest BCUT2D eigenvalue weighted by Gasteiger charge is -2.18. The van der Waals surface area contributed by atoms with Crippen molar-refractivity contribution in [2.24, 2.45) is 5.92 Å². The molecule has 1 aliphatic rings. The van der Waals surface area contributed by atoms with Gasteiger partial charge in [-0.1, -0.05) is 36.4 Å². The van der Waals surface area contributed by atoms with E-state index in [1.54, 1.807) is 23.1 Å². The van der Waals surface area contributed by atoms with Crippen molar-refractivity contribution in [3.63, 3.8) is 0 Å². The van der Waals surface area contributed by atoms with Gasteiger partial charge in [-0.05, 0) is 36.6 Å². The molecule has 1 heterocycles. The number of anilines is 2. The Kier molecular flexibility index (Phi) is 6.42. The first-order valence-corrected chi connectivity index (χ1v) is 9.52. The molecule has 2 N–H and O–H groups in total. The molecule has 0 radical (unpaired) electrons. The Morgan fingerprint density at radius 3 is 2.64 bits per heavy atom. The maximum absolute atomic E-state index is 12.4. The lowest BCUT2D eigenvalue weighted by atomic mass is 10.1. The molecule has 1 atom stereocenters. The second kappa shape index (κ2) is 9.17. The van der Waals surface area contributed by atoms with Gasteiger partial charge in [-0.2, -0.15) is 0 Å². The van der Waals surface area contributed by atoms with Crippen LogP contribution in [0.15, 0.2) is 54.6 Å². The highest BCUT2D eigenvalue weighted by Gasteiger charge is 2.35. The first-order chi connectivity index (χ1) is 13.5. The Hall–Kier alpha value is -3.15. The summed E-state index contributed by atoms with van der Waals surface area (Å²) in [6, 6.07) is 17.3. The highest BCUT2D eigenvalue weighted by Crippen LogP contribution is 2.27. The molecule has 1 fully saturated rings. The van der Waals surface area contributed by atoms with E-state index in [1.165, 1.54) is 12.5 Å². The van der Waals surface area contributed by atoms with Crippen molar-refractivity contribution < 1.29 is 14.4 Å². The molecule has 1 saturated heterocycles. The number of carbonyl (C=O) groups excluding carboxylic acids is 3. The molecule has 0 spiro atoms. The number of hydrogen-bond acceptors (Lipinski definition) is 3. The van der Waals surface area contributed by atoms with E-state index in [0.29, 0.717) is 24.5 Å². The average Bonchev–Trinajstić information content (AvgIpc) is 3.07. The summed E-state index contributed by atoms with van der Waals surface area (Å²) in [5.74, 6) is -0.683. The molecule has 3 amide bonds. The third-order valence-corrected chi connectivity index (χ3v) is 4.76. The lowest BCUT2D eigenvalue weighted by Crippen LogP contribution is -2.33. The van der Waals surface area contributed by atoms with Crippen LogP contribution in [0.5, 0.6) is 0 Å². The van der Waals surface area contributed by atoms with Crippen molar-refractivity contribution in [3.8, 4) is 0 Å². The zero-order valence-electron chi connectivity index (χ0n) is 16.0. The minimum Gasteiger partial charge on any atom is -0.356 e. The van der Waals surface area contributed by atoms with Crippen molar-refractivity contribution in [2.45, 2.75) is 26.2 Å². The van der Waals surface area contributed by atoms with Gasteiger partial charge in [-0.15, -0.1) is 0 Å². The van der Waals surface area contributed by atoms with Gasteiger partial charge in [0.05, 0.1) is 5.92 Å². The molecule has 2 aromatic rings. The fraction of sp³-hybridized carbons (Fsp3) is 0.318. The maximum atomic E-state index is 12.4. The Morgan fingerprint density at radius 2 is 1.89 bits per heavy atom. The quantitative estimate of drug-likeness (QED) is 0.726. The van der Waals surface area contributed by atoms with Crippen LogP contribution in [0.4, 0.5) is 11.4 Å². The van der Waals surface area contributed by atoms with Gasteiger partial charge < -0.3 is 15.5 Å². The second-order valence-corrected chi connectivity index (χ2v) is 7.02. The van der Waals surface area contributed by atoms with Crippen molar-refractivity contribution in [1.82, 2.24) is 5.32 Å². The smallest absolute Gasteiger partial charge is 0.227 e. The molecular weight excluding hydrogens is 354 g/mol. The summed E-state index contributed by atoms with van der Waals surface area (Å²) in [5, 5.41) is 5.66. The molecule has 2 aromatic carbocycles. The minimum atomic E-state index is -0.353. The minimum absolute atomic E-state index is 0.0792. The third-order valence-electron chi connectivity index (χ3n) is 4.76. The Labute approximate surface area is 164 Å². The largest absolute Gasteiger partial charge is 0.356 e. The first-order valence-electron chi connectivity index (χ1n) is 9.52. The van der Waals surface area contributed by atoms with E-state index >= 15 is 0 Å². The summed E-state index contributed by atoms with van der Waals surface area (Å²) in [6.07, 6.45) is 1.97. The Morgan fingerprint density at radius 1 is 1.11 bits per heavy atom.